The smallest absolute Gasteiger partial charge is 0.313 e. The normalized spacial score (nSPS) is 20.9. The van der Waals surface area contributed by atoms with Crippen molar-refractivity contribution in [3.05, 3.63) is 11.6 Å². The molecule has 8 heteroatoms. The maximum atomic E-state index is 12.7. The second-order valence-corrected chi connectivity index (χ2v) is 5.80. The molecule has 1 aliphatic carbocycles. The molecule has 0 spiro atoms. The molecule has 3 rings (SSSR count). The molecule has 0 atom stereocenters. The minimum atomic E-state index is -4.42. The zero-order chi connectivity index (χ0) is 14.9. The van der Waals surface area contributed by atoms with Crippen LogP contribution in [0.5, 0.6) is 0 Å². The van der Waals surface area contributed by atoms with Crippen molar-refractivity contribution in [3.8, 4) is 0 Å². The number of nitrogens with one attached hydrogen (secondary N) is 1. The molecule has 0 bridgehead atoms. The van der Waals surface area contributed by atoms with E-state index in [1.165, 1.54) is 30.3 Å². The van der Waals surface area contributed by atoms with Gasteiger partial charge in [0.25, 0.3) is 0 Å². The molecule has 1 aromatic rings. The van der Waals surface area contributed by atoms with Crippen molar-refractivity contribution < 1.29 is 13.2 Å². The molecule has 1 aromatic heterocycles. The second kappa shape index (κ2) is 5.92. The first-order valence-electron chi connectivity index (χ1n) is 7.49. The van der Waals surface area contributed by atoms with Crippen LogP contribution in [0.2, 0.25) is 0 Å². The van der Waals surface area contributed by atoms with Crippen molar-refractivity contribution >= 4 is 0 Å². The molecule has 21 heavy (non-hydrogen) atoms. The molecule has 1 saturated carbocycles. The van der Waals surface area contributed by atoms with E-state index < -0.39 is 12.0 Å². The SMILES string of the molecule is FC(F)(F)c1nnc2n1CCN(CCNC1CCCC1)C2. The lowest BCUT2D eigenvalue weighted by atomic mass is 10.2. The highest BCUT2D eigenvalue weighted by molar-refractivity contribution is 5.02. The summed E-state index contributed by atoms with van der Waals surface area (Å²) in [7, 11) is 0. The van der Waals surface area contributed by atoms with Crippen molar-refractivity contribution in [3.63, 3.8) is 0 Å². The summed E-state index contributed by atoms with van der Waals surface area (Å²) < 4.78 is 39.4. The maximum Gasteiger partial charge on any atom is 0.451 e. The fourth-order valence-corrected chi connectivity index (χ4v) is 3.17. The standard InChI is InChI=1S/C13H20F3N5/c14-13(15,16)12-19-18-11-9-20(7-8-21(11)12)6-5-17-10-3-1-2-4-10/h10,17H,1-9H2. The van der Waals surface area contributed by atoms with Crippen LogP contribution in [-0.4, -0.2) is 45.3 Å². The number of nitrogens with zero attached hydrogens (tertiary/aromatic N) is 4. The van der Waals surface area contributed by atoms with Gasteiger partial charge in [0.05, 0.1) is 6.54 Å². The molecule has 1 fully saturated rings. The van der Waals surface area contributed by atoms with E-state index in [1.807, 2.05) is 0 Å². The molecule has 0 aromatic carbocycles. The second-order valence-electron chi connectivity index (χ2n) is 5.80. The predicted molar refractivity (Wildman–Crippen MR) is 70.6 cm³/mol. The van der Waals surface area contributed by atoms with Gasteiger partial charge in [-0.25, -0.2) is 0 Å². The third-order valence-corrected chi connectivity index (χ3v) is 4.30. The Hall–Kier alpha value is -1.15. The Bertz CT molecular complexity index is 479. The number of hydrogen-bond acceptors (Lipinski definition) is 4. The Morgan fingerprint density at radius 2 is 1.90 bits per heavy atom. The molecular formula is C13H20F3N5. The van der Waals surface area contributed by atoms with Crippen LogP contribution in [-0.2, 0) is 19.3 Å². The highest BCUT2D eigenvalue weighted by Gasteiger charge is 2.39. The molecule has 118 valence electrons. The monoisotopic (exact) mass is 303 g/mol. The summed E-state index contributed by atoms with van der Waals surface area (Å²) in [5.74, 6) is -0.462. The van der Waals surface area contributed by atoms with Gasteiger partial charge < -0.3 is 9.88 Å². The largest absolute Gasteiger partial charge is 0.451 e. The lowest BCUT2D eigenvalue weighted by molar-refractivity contribution is -0.148. The average Bonchev–Trinajstić information content (AvgIpc) is 3.05. The summed E-state index contributed by atoms with van der Waals surface area (Å²) in [6.45, 7) is 3.08. The highest BCUT2D eigenvalue weighted by atomic mass is 19.4. The van der Waals surface area contributed by atoms with E-state index in [0.717, 1.165) is 13.1 Å². The number of rotatable bonds is 4. The van der Waals surface area contributed by atoms with Gasteiger partial charge in [-0.2, -0.15) is 13.2 Å². The highest BCUT2D eigenvalue weighted by Crippen LogP contribution is 2.29. The van der Waals surface area contributed by atoms with E-state index >= 15 is 0 Å². The van der Waals surface area contributed by atoms with Gasteiger partial charge in [-0.15, -0.1) is 10.2 Å². The van der Waals surface area contributed by atoms with Crippen molar-refractivity contribution in [2.45, 2.75) is 51.0 Å². The first-order chi connectivity index (χ1) is 10.0. The van der Waals surface area contributed by atoms with Gasteiger partial charge >= 0.3 is 6.18 Å². The van der Waals surface area contributed by atoms with E-state index in [9.17, 15) is 13.2 Å². The van der Waals surface area contributed by atoms with Gasteiger partial charge in [0.1, 0.15) is 5.82 Å². The summed E-state index contributed by atoms with van der Waals surface area (Å²) in [4.78, 5) is 2.13. The van der Waals surface area contributed by atoms with Crippen molar-refractivity contribution in [1.29, 1.82) is 0 Å². The number of alkyl halides is 3. The zero-order valence-corrected chi connectivity index (χ0v) is 11.9. The number of hydrogen-bond donors (Lipinski definition) is 1. The van der Waals surface area contributed by atoms with Crippen molar-refractivity contribution in [1.82, 2.24) is 25.0 Å². The van der Waals surface area contributed by atoms with E-state index in [1.54, 1.807) is 0 Å². The summed E-state index contributed by atoms with van der Waals surface area (Å²) in [5.41, 5.74) is 0. The fourth-order valence-electron chi connectivity index (χ4n) is 3.17. The predicted octanol–water partition coefficient (Wildman–Crippen LogP) is 1.64. The lowest BCUT2D eigenvalue weighted by Gasteiger charge is -2.28. The molecule has 5 nitrogen and oxygen atoms in total. The van der Waals surface area contributed by atoms with Crippen molar-refractivity contribution in [2.24, 2.45) is 0 Å². The van der Waals surface area contributed by atoms with Gasteiger partial charge in [0.15, 0.2) is 0 Å². The first kappa shape index (κ1) is 14.8. The summed E-state index contributed by atoms with van der Waals surface area (Å²) in [6, 6.07) is 0.621. The number of halogens is 3. The quantitative estimate of drug-likeness (QED) is 0.918. The third kappa shape index (κ3) is 3.37. The van der Waals surface area contributed by atoms with Crippen LogP contribution in [0.25, 0.3) is 0 Å². The van der Waals surface area contributed by atoms with Crippen LogP contribution in [0.1, 0.15) is 37.3 Å². The summed E-state index contributed by atoms with van der Waals surface area (Å²) >= 11 is 0. The van der Waals surface area contributed by atoms with Crippen LogP contribution in [0.4, 0.5) is 13.2 Å². The lowest BCUT2D eigenvalue weighted by Crippen LogP contribution is -2.40. The molecule has 0 unspecified atom stereocenters. The van der Waals surface area contributed by atoms with E-state index in [-0.39, 0.29) is 0 Å². The van der Waals surface area contributed by atoms with Gasteiger partial charge in [-0.05, 0) is 12.8 Å². The molecule has 0 saturated heterocycles. The molecular weight excluding hydrogens is 283 g/mol. The first-order valence-corrected chi connectivity index (χ1v) is 7.49. The Morgan fingerprint density at radius 1 is 1.14 bits per heavy atom. The average molecular weight is 303 g/mol. The third-order valence-electron chi connectivity index (χ3n) is 4.30. The van der Waals surface area contributed by atoms with Crippen LogP contribution in [0.15, 0.2) is 0 Å². The zero-order valence-electron chi connectivity index (χ0n) is 11.9. The minimum Gasteiger partial charge on any atom is -0.313 e. The fraction of sp³-hybridized carbons (Fsp3) is 0.846. The van der Waals surface area contributed by atoms with E-state index in [4.69, 9.17) is 0 Å². The number of fused-ring (bicyclic) bond motifs is 1. The Labute approximate surface area is 121 Å². The van der Waals surface area contributed by atoms with Crippen molar-refractivity contribution in [2.75, 3.05) is 19.6 Å². The van der Waals surface area contributed by atoms with Gasteiger partial charge in [0.2, 0.25) is 5.82 Å². The molecule has 2 aliphatic rings. The Kier molecular flexibility index (Phi) is 4.17. The summed E-state index contributed by atoms with van der Waals surface area (Å²) in [6.07, 6.45) is 0.652. The molecule has 1 aliphatic heterocycles. The molecule has 0 radical (unpaired) electrons. The van der Waals surface area contributed by atoms with Gasteiger partial charge in [-0.3, -0.25) is 4.90 Å². The topological polar surface area (TPSA) is 46.0 Å². The van der Waals surface area contributed by atoms with E-state index in [2.05, 4.69) is 20.4 Å². The van der Waals surface area contributed by atoms with E-state index in [0.29, 0.717) is 31.5 Å². The van der Waals surface area contributed by atoms with Crippen LogP contribution in [0.3, 0.4) is 0 Å². The minimum absolute atomic E-state index is 0.306. The molecule has 2 heterocycles. The Balaban J connectivity index is 1.52. The number of aromatic nitrogens is 3. The Morgan fingerprint density at radius 3 is 2.62 bits per heavy atom. The van der Waals surface area contributed by atoms with Crippen LogP contribution in [0, 0.1) is 0 Å². The van der Waals surface area contributed by atoms with Crippen LogP contribution < -0.4 is 5.32 Å². The molecule has 1 N–H and O–H groups in total. The maximum absolute atomic E-state index is 12.7. The molecule has 0 amide bonds. The van der Waals surface area contributed by atoms with Gasteiger partial charge in [-0.1, -0.05) is 12.8 Å². The summed E-state index contributed by atoms with van der Waals surface area (Å²) in [5, 5.41) is 10.5. The van der Waals surface area contributed by atoms with Crippen LogP contribution >= 0.6 is 0 Å². The van der Waals surface area contributed by atoms with Gasteiger partial charge in [0, 0.05) is 32.2 Å².